The fourth-order valence-corrected chi connectivity index (χ4v) is 5.63. The van der Waals surface area contributed by atoms with Crippen LogP contribution < -0.4 is 0 Å². The number of sulfone groups is 1. The third-order valence-electron chi connectivity index (χ3n) is 5.57. The number of carbonyl (C=O) groups excluding carboxylic acids is 1. The van der Waals surface area contributed by atoms with Crippen molar-refractivity contribution in [3.63, 3.8) is 0 Å². The molecule has 0 heterocycles. The number of hydrogen-bond donors (Lipinski definition) is 2. The molecular formula is C25H23Cl2NO6S. The summed E-state index contributed by atoms with van der Waals surface area (Å²) in [5.41, 5.74) is 1.09. The molecule has 2 N–H and O–H groups in total. The number of carbonyl (C=O) groups is 2. The third kappa shape index (κ3) is 6.21. The van der Waals surface area contributed by atoms with Crippen molar-refractivity contribution in [2.45, 2.75) is 35.3 Å². The molecule has 0 bridgehead atoms. The summed E-state index contributed by atoms with van der Waals surface area (Å²) in [6.45, 7) is 1.54. The lowest BCUT2D eigenvalue weighted by Gasteiger charge is -2.29. The molecule has 184 valence electrons. The average molecular weight is 536 g/mol. The van der Waals surface area contributed by atoms with Crippen LogP contribution in [0.1, 0.15) is 34.5 Å². The van der Waals surface area contributed by atoms with E-state index in [1.807, 2.05) is 0 Å². The summed E-state index contributed by atoms with van der Waals surface area (Å²) in [5.74, 6) is 0. The maximum Gasteiger partial charge on any atom is 0.407 e. The van der Waals surface area contributed by atoms with Crippen LogP contribution in [0.5, 0.6) is 0 Å². The lowest BCUT2D eigenvalue weighted by atomic mass is 10.0. The van der Waals surface area contributed by atoms with E-state index in [9.17, 15) is 28.2 Å². The maximum atomic E-state index is 13.0. The number of aliphatic hydroxyl groups is 1. The fraction of sp³-hybridized carbons (Fsp3) is 0.200. The minimum absolute atomic E-state index is 0.0225. The summed E-state index contributed by atoms with van der Waals surface area (Å²) in [5, 5.41) is 20.7. The van der Waals surface area contributed by atoms with Gasteiger partial charge in [0.1, 0.15) is 0 Å². The normalized spacial score (nSPS) is 13.1. The lowest BCUT2D eigenvalue weighted by molar-refractivity contribution is 0.0799. The predicted molar refractivity (Wildman–Crippen MR) is 133 cm³/mol. The smallest absolute Gasteiger partial charge is 0.407 e. The Morgan fingerprint density at radius 3 is 2.31 bits per heavy atom. The topological polar surface area (TPSA) is 112 Å². The first-order valence-corrected chi connectivity index (χ1v) is 12.8. The Morgan fingerprint density at radius 2 is 1.71 bits per heavy atom. The molecule has 7 nitrogen and oxygen atoms in total. The Bertz CT molecular complexity index is 1330. The van der Waals surface area contributed by atoms with Gasteiger partial charge in [0.2, 0.25) is 9.84 Å². The van der Waals surface area contributed by atoms with Crippen LogP contribution in [0.3, 0.4) is 0 Å². The highest BCUT2D eigenvalue weighted by atomic mass is 35.5. The van der Waals surface area contributed by atoms with Crippen molar-refractivity contribution < 1.29 is 28.2 Å². The zero-order valence-corrected chi connectivity index (χ0v) is 21.0. The van der Waals surface area contributed by atoms with Crippen molar-refractivity contribution in [1.82, 2.24) is 4.90 Å². The standard InChI is InChI=1S/C25H23Cl2NO6S/c1-16(28(25(31)32)14-23(30)18-4-2-5-19(26)13-18)12-17-8-10-20(11-9-17)35(33,34)24-7-3-6-22(27)21(24)15-29/h2-11,13,15-16,23,30H,12,14H2,1H3,(H,31,32)/t16-,23+/m1/s1. The first-order chi connectivity index (χ1) is 16.5. The van der Waals surface area contributed by atoms with E-state index in [0.717, 1.165) is 4.90 Å². The quantitative estimate of drug-likeness (QED) is 0.360. The van der Waals surface area contributed by atoms with Crippen LogP contribution in [0.2, 0.25) is 10.0 Å². The van der Waals surface area contributed by atoms with Crippen LogP contribution in [-0.4, -0.2) is 48.5 Å². The lowest BCUT2D eigenvalue weighted by Crippen LogP contribution is -2.41. The van der Waals surface area contributed by atoms with Crippen molar-refractivity contribution >= 4 is 45.4 Å². The maximum absolute atomic E-state index is 13.0. The molecule has 0 spiro atoms. The van der Waals surface area contributed by atoms with Crippen molar-refractivity contribution in [3.8, 4) is 0 Å². The van der Waals surface area contributed by atoms with Crippen LogP contribution in [0.25, 0.3) is 0 Å². The molecule has 10 heteroatoms. The Balaban J connectivity index is 1.77. The van der Waals surface area contributed by atoms with E-state index in [1.165, 1.54) is 30.3 Å². The number of aldehydes is 1. The van der Waals surface area contributed by atoms with E-state index in [4.69, 9.17) is 23.2 Å². The number of carboxylic acid groups (broad SMARTS) is 1. The van der Waals surface area contributed by atoms with Gasteiger partial charge in [-0.1, -0.05) is 53.5 Å². The van der Waals surface area contributed by atoms with Gasteiger partial charge in [0.15, 0.2) is 6.29 Å². The zero-order chi connectivity index (χ0) is 25.8. The molecule has 0 saturated carbocycles. The molecule has 1 amide bonds. The van der Waals surface area contributed by atoms with Crippen LogP contribution >= 0.6 is 23.2 Å². The summed E-state index contributed by atoms with van der Waals surface area (Å²) in [7, 11) is -3.99. The molecule has 0 fully saturated rings. The van der Waals surface area contributed by atoms with E-state index >= 15 is 0 Å². The number of rotatable bonds is 9. The van der Waals surface area contributed by atoms with Crippen molar-refractivity contribution in [3.05, 3.63) is 93.5 Å². The summed E-state index contributed by atoms with van der Waals surface area (Å²) >= 11 is 11.9. The molecule has 0 aromatic heterocycles. The zero-order valence-electron chi connectivity index (χ0n) is 18.6. The molecule has 0 unspecified atom stereocenters. The van der Waals surface area contributed by atoms with Crippen molar-refractivity contribution in [1.29, 1.82) is 0 Å². The van der Waals surface area contributed by atoms with Gasteiger partial charge in [-0.3, -0.25) is 4.79 Å². The highest BCUT2D eigenvalue weighted by Gasteiger charge is 2.25. The van der Waals surface area contributed by atoms with E-state index in [2.05, 4.69) is 0 Å². The second kappa shape index (κ2) is 11.2. The molecule has 0 aliphatic heterocycles. The van der Waals surface area contributed by atoms with Gasteiger partial charge in [0.05, 0.1) is 33.0 Å². The van der Waals surface area contributed by atoms with E-state index in [1.54, 1.807) is 43.3 Å². The van der Waals surface area contributed by atoms with Crippen molar-refractivity contribution in [2.75, 3.05) is 6.54 Å². The number of halogens is 2. The molecule has 3 aromatic carbocycles. The van der Waals surface area contributed by atoms with Gasteiger partial charge < -0.3 is 15.1 Å². The Hall–Kier alpha value is -2.91. The summed E-state index contributed by atoms with van der Waals surface area (Å²) in [6, 6.07) is 16.2. The molecule has 3 rings (SSSR count). The fourth-order valence-electron chi connectivity index (χ4n) is 3.70. The number of aliphatic hydroxyl groups excluding tert-OH is 1. The molecule has 3 aromatic rings. The summed E-state index contributed by atoms with van der Waals surface area (Å²) in [6.07, 6.45) is -1.57. The first kappa shape index (κ1) is 26.7. The Labute approximate surface area is 213 Å². The van der Waals surface area contributed by atoms with Crippen LogP contribution in [-0.2, 0) is 16.3 Å². The van der Waals surface area contributed by atoms with Crippen molar-refractivity contribution in [2.24, 2.45) is 0 Å². The SMILES string of the molecule is C[C@H](Cc1ccc(S(=O)(=O)c2cccc(Cl)c2C=O)cc1)N(C[C@H](O)c1cccc(Cl)c1)C(=O)O. The summed E-state index contributed by atoms with van der Waals surface area (Å²) < 4.78 is 26.1. The van der Waals surface area contributed by atoms with E-state index in [0.29, 0.717) is 22.4 Å². The average Bonchev–Trinajstić information content (AvgIpc) is 2.82. The molecule has 0 saturated heterocycles. The predicted octanol–water partition coefficient (Wildman–Crippen LogP) is 5.28. The van der Waals surface area contributed by atoms with E-state index < -0.39 is 28.1 Å². The summed E-state index contributed by atoms with van der Waals surface area (Å²) in [4.78, 5) is 24.2. The van der Waals surface area contributed by atoms with Gasteiger partial charge in [-0.15, -0.1) is 0 Å². The minimum Gasteiger partial charge on any atom is -0.465 e. The number of benzene rings is 3. The van der Waals surface area contributed by atoms with E-state index in [-0.39, 0.29) is 33.3 Å². The highest BCUT2D eigenvalue weighted by molar-refractivity contribution is 7.91. The largest absolute Gasteiger partial charge is 0.465 e. The molecule has 0 radical (unpaired) electrons. The Morgan fingerprint density at radius 1 is 1.06 bits per heavy atom. The molecule has 35 heavy (non-hydrogen) atoms. The monoisotopic (exact) mass is 535 g/mol. The number of amides is 1. The van der Waals surface area contributed by atoms with Crippen LogP contribution in [0.4, 0.5) is 4.79 Å². The van der Waals surface area contributed by atoms with Gasteiger partial charge >= 0.3 is 6.09 Å². The molecule has 2 atom stereocenters. The van der Waals surface area contributed by atoms with Gasteiger partial charge in [-0.25, -0.2) is 13.2 Å². The van der Waals surface area contributed by atoms with Crippen LogP contribution in [0.15, 0.2) is 76.5 Å². The number of nitrogens with zero attached hydrogens (tertiary/aromatic N) is 1. The molecular weight excluding hydrogens is 513 g/mol. The van der Waals surface area contributed by atoms with Crippen LogP contribution in [0, 0.1) is 0 Å². The Kier molecular flexibility index (Phi) is 8.56. The van der Waals surface area contributed by atoms with Gasteiger partial charge in [0.25, 0.3) is 0 Å². The third-order valence-corrected chi connectivity index (χ3v) is 7.96. The highest BCUT2D eigenvalue weighted by Crippen LogP contribution is 2.28. The number of hydrogen-bond acceptors (Lipinski definition) is 5. The van der Waals surface area contributed by atoms with Gasteiger partial charge in [-0.2, -0.15) is 0 Å². The molecule has 0 aliphatic rings. The van der Waals surface area contributed by atoms with Gasteiger partial charge in [0, 0.05) is 11.1 Å². The second-order valence-corrected chi connectivity index (χ2v) is 10.7. The van der Waals surface area contributed by atoms with Gasteiger partial charge in [-0.05, 0) is 60.9 Å². The minimum atomic E-state index is -3.99. The second-order valence-electron chi connectivity index (χ2n) is 7.98. The first-order valence-electron chi connectivity index (χ1n) is 10.6. The molecule has 0 aliphatic carbocycles.